The smallest absolute Gasteiger partial charge is 0.263 e. The maximum atomic E-state index is 13.0. The van der Waals surface area contributed by atoms with Gasteiger partial charge in [0, 0.05) is 22.0 Å². The zero-order valence-electron chi connectivity index (χ0n) is 15.0. The van der Waals surface area contributed by atoms with Gasteiger partial charge in [0.15, 0.2) is 0 Å². The van der Waals surface area contributed by atoms with E-state index in [-0.39, 0.29) is 15.6 Å². The van der Waals surface area contributed by atoms with Gasteiger partial charge in [0.25, 0.3) is 10.0 Å². The van der Waals surface area contributed by atoms with Crippen molar-refractivity contribution in [2.75, 3.05) is 18.9 Å². The summed E-state index contributed by atoms with van der Waals surface area (Å²) in [6.07, 6.45) is 0. The first kappa shape index (κ1) is 19.9. The van der Waals surface area contributed by atoms with Crippen LogP contribution in [0.25, 0.3) is 9.88 Å². The molecule has 0 bridgehead atoms. The minimum Gasteiger partial charge on any atom is -0.495 e. The predicted octanol–water partition coefficient (Wildman–Crippen LogP) is 4.96. The van der Waals surface area contributed by atoms with E-state index in [0.29, 0.717) is 16.4 Å². The van der Waals surface area contributed by atoms with Crippen LogP contribution in [0.2, 0.25) is 5.02 Å². The number of aryl methyl sites for hydroxylation is 2. The summed E-state index contributed by atoms with van der Waals surface area (Å²) in [6.45, 7) is 3.67. The van der Waals surface area contributed by atoms with Crippen molar-refractivity contribution < 1.29 is 17.9 Å². The van der Waals surface area contributed by atoms with Crippen molar-refractivity contribution in [1.29, 1.82) is 0 Å². The number of anilines is 1. The number of halogens is 1. The van der Waals surface area contributed by atoms with Gasteiger partial charge in [0.1, 0.15) is 21.4 Å². The minimum atomic E-state index is -3.84. The first-order chi connectivity index (χ1) is 12.7. The quantitative estimate of drug-likeness (QED) is 0.581. The molecule has 0 spiro atoms. The summed E-state index contributed by atoms with van der Waals surface area (Å²) in [5.41, 5.74) is 1.14. The van der Waals surface area contributed by atoms with Crippen LogP contribution in [0.1, 0.15) is 10.6 Å². The van der Waals surface area contributed by atoms with Gasteiger partial charge in [-0.05, 0) is 26.0 Å². The van der Waals surface area contributed by atoms with Crippen molar-refractivity contribution >= 4 is 50.0 Å². The number of sulfonamides is 1. The maximum absolute atomic E-state index is 13.0. The lowest BCUT2D eigenvalue weighted by molar-refractivity contribution is 0.396. The summed E-state index contributed by atoms with van der Waals surface area (Å²) in [4.78, 5) is 6.10. The summed E-state index contributed by atoms with van der Waals surface area (Å²) < 4.78 is 38.9. The van der Waals surface area contributed by atoms with Gasteiger partial charge in [0.2, 0.25) is 0 Å². The van der Waals surface area contributed by atoms with E-state index >= 15 is 0 Å². The molecule has 0 fully saturated rings. The van der Waals surface area contributed by atoms with E-state index in [4.69, 9.17) is 21.1 Å². The van der Waals surface area contributed by atoms with Crippen molar-refractivity contribution in [3.63, 3.8) is 0 Å². The van der Waals surface area contributed by atoms with Gasteiger partial charge in [0.05, 0.1) is 29.8 Å². The second-order valence-electron chi connectivity index (χ2n) is 5.62. The Kier molecular flexibility index (Phi) is 5.66. The third-order valence-electron chi connectivity index (χ3n) is 3.71. The second kappa shape index (κ2) is 7.67. The number of hydrogen-bond acceptors (Lipinski definition) is 7. The van der Waals surface area contributed by atoms with Crippen LogP contribution >= 0.6 is 34.3 Å². The Balaban J connectivity index is 1.99. The Morgan fingerprint density at radius 2 is 1.81 bits per heavy atom. The van der Waals surface area contributed by atoms with E-state index in [9.17, 15) is 8.42 Å². The fourth-order valence-electron chi connectivity index (χ4n) is 2.44. The molecule has 27 heavy (non-hydrogen) atoms. The minimum absolute atomic E-state index is 0.198. The molecule has 0 saturated carbocycles. The van der Waals surface area contributed by atoms with Crippen LogP contribution in [0.3, 0.4) is 0 Å². The molecule has 0 amide bonds. The molecular weight excluding hydrogens is 428 g/mol. The van der Waals surface area contributed by atoms with E-state index in [0.717, 1.165) is 15.6 Å². The highest BCUT2D eigenvalue weighted by atomic mass is 35.5. The standard InChI is InChI=1S/C17H17ClN2O4S3/c1-9-8-25-17(19-9)15-7-16(10(2)26-15)27(21,22)20-12-5-11(18)13(23-3)6-14(12)24-4/h5-8,20H,1-4H3. The molecule has 3 aromatic rings. The van der Waals surface area contributed by atoms with Gasteiger partial charge in [-0.2, -0.15) is 0 Å². The van der Waals surface area contributed by atoms with Gasteiger partial charge in [-0.15, -0.1) is 22.7 Å². The second-order valence-corrected chi connectivity index (χ2v) is 9.79. The van der Waals surface area contributed by atoms with Crippen molar-refractivity contribution in [3.05, 3.63) is 39.2 Å². The van der Waals surface area contributed by atoms with Crippen molar-refractivity contribution in [2.24, 2.45) is 0 Å². The van der Waals surface area contributed by atoms with E-state index in [1.807, 2.05) is 12.3 Å². The Morgan fingerprint density at radius 3 is 2.41 bits per heavy atom. The first-order valence-corrected chi connectivity index (χ1v) is 11.3. The largest absolute Gasteiger partial charge is 0.495 e. The molecule has 0 aliphatic heterocycles. The molecule has 1 aromatic carbocycles. The summed E-state index contributed by atoms with van der Waals surface area (Å²) in [5, 5.41) is 3.00. The molecule has 6 nitrogen and oxygen atoms in total. The van der Waals surface area contributed by atoms with E-state index in [1.165, 1.54) is 49.0 Å². The van der Waals surface area contributed by atoms with Gasteiger partial charge >= 0.3 is 0 Å². The molecule has 0 aliphatic carbocycles. The lowest BCUT2D eigenvalue weighted by Crippen LogP contribution is -2.14. The molecule has 1 N–H and O–H groups in total. The van der Waals surface area contributed by atoms with Crippen LogP contribution in [0.5, 0.6) is 11.5 Å². The molecule has 0 aliphatic rings. The van der Waals surface area contributed by atoms with Crippen molar-refractivity contribution in [3.8, 4) is 21.4 Å². The number of rotatable bonds is 6. The highest BCUT2D eigenvalue weighted by Crippen LogP contribution is 2.39. The van der Waals surface area contributed by atoms with Crippen molar-refractivity contribution in [2.45, 2.75) is 18.7 Å². The normalized spacial score (nSPS) is 11.4. The fourth-order valence-corrected chi connectivity index (χ4v) is 6.20. The van der Waals surface area contributed by atoms with Crippen LogP contribution in [0.15, 0.2) is 28.5 Å². The van der Waals surface area contributed by atoms with Crippen molar-refractivity contribution in [1.82, 2.24) is 4.98 Å². The highest BCUT2D eigenvalue weighted by molar-refractivity contribution is 7.93. The molecule has 0 saturated heterocycles. The van der Waals surface area contributed by atoms with E-state index < -0.39 is 10.0 Å². The Morgan fingerprint density at radius 1 is 1.11 bits per heavy atom. The Bertz CT molecular complexity index is 1090. The number of aromatic nitrogens is 1. The Labute approximate surface area is 170 Å². The number of benzene rings is 1. The summed E-state index contributed by atoms with van der Waals surface area (Å²) in [6, 6.07) is 4.63. The fraction of sp³-hybridized carbons (Fsp3) is 0.235. The molecule has 0 radical (unpaired) electrons. The topological polar surface area (TPSA) is 77.5 Å². The summed E-state index contributed by atoms with van der Waals surface area (Å²) in [5.74, 6) is 0.702. The predicted molar refractivity (Wildman–Crippen MR) is 110 cm³/mol. The van der Waals surface area contributed by atoms with E-state index in [1.54, 1.807) is 13.0 Å². The molecule has 0 atom stereocenters. The van der Waals surface area contributed by atoms with E-state index in [2.05, 4.69) is 9.71 Å². The Hall–Kier alpha value is -1.81. The molecular formula is C17H17ClN2O4S3. The highest BCUT2D eigenvalue weighted by Gasteiger charge is 2.23. The van der Waals surface area contributed by atoms with Crippen LogP contribution in [-0.2, 0) is 10.0 Å². The summed E-state index contributed by atoms with van der Waals surface area (Å²) >= 11 is 9.00. The third kappa shape index (κ3) is 4.06. The van der Waals surface area contributed by atoms with Crippen LogP contribution in [0.4, 0.5) is 5.69 Å². The molecule has 10 heteroatoms. The number of nitrogens with one attached hydrogen (secondary N) is 1. The molecule has 0 unspecified atom stereocenters. The van der Waals surface area contributed by atoms with Crippen LogP contribution < -0.4 is 14.2 Å². The van der Waals surface area contributed by atoms with Crippen LogP contribution in [0, 0.1) is 13.8 Å². The molecule has 144 valence electrons. The van der Waals surface area contributed by atoms with Crippen LogP contribution in [-0.4, -0.2) is 27.6 Å². The monoisotopic (exact) mass is 444 g/mol. The average molecular weight is 445 g/mol. The first-order valence-electron chi connectivity index (χ1n) is 7.72. The number of thiophene rings is 1. The number of methoxy groups -OCH3 is 2. The molecule has 3 rings (SSSR count). The molecule has 2 heterocycles. The van der Waals surface area contributed by atoms with Gasteiger partial charge in [-0.3, -0.25) is 4.72 Å². The lowest BCUT2D eigenvalue weighted by Gasteiger charge is -2.14. The average Bonchev–Trinajstić information content (AvgIpc) is 3.21. The lowest BCUT2D eigenvalue weighted by atomic mass is 10.3. The zero-order valence-corrected chi connectivity index (χ0v) is 18.2. The number of hydrogen-bond donors (Lipinski definition) is 1. The maximum Gasteiger partial charge on any atom is 0.263 e. The summed E-state index contributed by atoms with van der Waals surface area (Å²) in [7, 11) is -0.919. The number of nitrogens with zero attached hydrogens (tertiary/aromatic N) is 1. The molecule has 2 aromatic heterocycles. The number of thiazole rings is 1. The van der Waals surface area contributed by atoms with Gasteiger partial charge < -0.3 is 9.47 Å². The number of ether oxygens (including phenoxy) is 2. The van der Waals surface area contributed by atoms with Gasteiger partial charge in [-0.1, -0.05) is 11.6 Å². The third-order valence-corrected chi connectivity index (χ3v) is 7.81. The SMILES string of the molecule is COc1cc(OC)c(NS(=O)(=O)c2cc(-c3nc(C)cs3)sc2C)cc1Cl. The zero-order chi connectivity index (χ0) is 19.8. The van der Waals surface area contributed by atoms with Gasteiger partial charge in [-0.25, -0.2) is 13.4 Å².